The van der Waals surface area contributed by atoms with Crippen LogP contribution in [0.4, 0.5) is 4.79 Å². The lowest BCUT2D eigenvalue weighted by Crippen LogP contribution is -2.40. The number of urea groups is 1. The maximum absolute atomic E-state index is 11.9. The second-order valence-corrected chi connectivity index (χ2v) is 5.06. The van der Waals surface area contributed by atoms with Gasteiger partial charge >= 0.3 is 12.0 Å². The van der Waals surface area contributed by atoms with Crippen LogP contribution in [0.1, 0.15) is 19.5 Å². The van der Waals surface area contributed by atoms with E-state index in [4.69, 9.17) is 5.11 Å². The van der Waals surface area contributed by atoms with E-state index in [0.717, 1.165) is 4.90 Å². The molecule has 0 spiro atoms. The summed E-state index contributed by atoms with van der Waals surface area (Å²) in [4.78, 5) is 35.2. The van der Waals surface area contributed by atoms with E-state index in [2.05, 4.69) is 15.6 Å². The summed E-state index contributed by atoms with van der Waals surface area (Å²) in [6.45, 7) is 3.69. The zero-order valence-electron chi connectivity index (χ0n) is 11.2. The van der Waals surface area contributed by atoms with Crippen LogP contribution in [0.15, 0.2) is 6.20 Å². The minimum Gasteiger partial charge on any atom is -0.481 e. The highest BCUT2D eigenvalue weighted by atomic mass is 16.4. The predicted molar refractivity (Wildman–Crippen MR) is 65.7 cm³/mol. The molecule has 0 bridgehead atoms. The lowest BCUT2D eigenvalue weighted by molar-refractivity contribution is -0.136. The van der Waals surface area contributed by atoms with Crippen LogP contribution in [0.5, 0.6) is 0 Å². The molecule has 9 nitrogen and oxygen atoms in total. The highest BCUT2D eigenvalue weighted by Gasteiger charge is 2.43. The number of hydrogen-bond donors (Lipinski definition) is 2. The highest BCUT2D eigenvalue weighted by Crippen LogP contribution is 2.16. The number of carbonyl (C=O) groups is 3. The molecule has 1 aromatic rings. The van der Waals surface area contributed by atoms with Crippen LogP contribution in [0.3, 0.4) is 0 Å². The third kappa shape index (κ3) is 2.76. The molecule has 3 amide bonds. The van der Waals surface area contributed by atoms with Gasteiger partial charge in [0, 0.05) is 6.20 Å². The molecule has 9 heteroatoms. The van der Waals surface area contributed by atoms with E-state index in [1.165, 1.54) is 10.9 Å². The third-order valence-corrected chi connectivity index (χ3v) is 2.92. The molecule has 0 aliphatic carbocycles. The van der Waals surface area contributed by atoms with Crippen LogP contribution in [0, 0.1) is 0 Å². The minimum atomic E-state index is -0.993. The summed E-state index contributed by atoms with van der Waals surface area (Å²) < 4.78 is 1.41. The Labute approximate surface area is 114 Å². The molecule has 2 heterocycles. The second-order valence-electron chi connectivity index (χ2n) is 5.06. The standard InChI is InChI=1S/C11H15N5O4/c1-11(2)9(19)16(10(20)12-11)4-3-15-6-7(13-14-15)5-8(17)18/h6H,3-5H2,1-2H3,(H,12,20)(H,17,18). The number of imide groups is 1. The Morgan fingerprint density at radius 2 is 2.10 bits per heavy atom. The Kier molecular flexibility index (Phi) is 3.43. The summed E-state index contributed by atoms with van der Waals surface area (Å²) in [5.74, 6) is -1.29. The first kappa shape index (κ1) is 14.0. The van der Waals surface area contributed by atoms with Crippen LogP contribution in [0.25, 0.3) is 0 Å². The Morgan fingerprint density at radius 1 is 1.40 bits per heavy atom. The molecule has 0 unspecified atom stereocenters. The lowest BCUT2D eigenvalue weighted by Gasteiger charge is -2.15. The van der Waals surface area contributed by atoms with Gasteiger partial charge in [-0.2, -0.15) is 0 Å². The number of nitrogens with zero attached hydrogens (tertiary/aromatic N) is 4. The Morgan fingerprint density at radius 3 is 2.65 bits per heavy atom. The third-order valence-electron chi connectivity index (χ3n) is 2.92. The van der Waals surface area contributed by atoms with Gasteiger partial charge in [0.2, 0.25) is 0 Å². The summed E-state index contributed by atoms with van der Waals surface area (Å²) in [5.41, 5.74) is -0.566. The predicted octanol–water partition coefficient (Wildman–Crippen LogP) is -0.764. The number of rotatable bonds is 5. The number of carbonyl (C=O) groups excluding carboxylic acids is 2. The first-order chi connectivity index (χ1) is 9.29. The van der Waals surface area contributed by atoms with E-state index < -0.39 is 17.5 Å². The van der Waals surface area contributed by atoms with E-state index in [1.807, 2.05) is 0 Å². The fraction of sp³-hybridized carbons (Fsp3) is 0.545. The average Bonchev–Trinajstić information content (AvgIpc) is 2.81. The molecule has 2 rings (SSSR count). The van der Waals surface area contributed by atoms with Crippen molar-refractivity contribution in [2.75, 3.05) is 6.54 Å². The van der Waals surface area contributed by atoms with Crippen molar-refractivity contribution in [2.45, 2.75) is 32.4 Å². The fourth-order valence-electron chi connectivity index (χ4n) is 1.91. The van der Waals surface area contributed by atoms with Gasteiger partial charge in [0.15, 0.2) is 0 Å². The molecule has 1 fully saturated rings. The number of carboxylic acid groups (broad SMARTS) is 1. The van der Waals surface area contributed by atoms with Crippen LogP contribution in [-0.4, -0.2) is 55.0 Å². The van der Waals surface area contributed by atoms with Crippen LogP contribution in [-0.2, 0) is 22.6 Å². The molecule has 0 atom stereocenters. The van der Waals surface area contributed by atoms with Crippen LogP contribution < -0.4 is 5.32 Å². The minimum absolute atomic E-state index is 0.157. The van der Waals surface area contributed by atoms with Crippen LogP contribution >= 0.6 is 0 Å². The fourth-order valence-corrected chi connectivity index (χ4v) is 1.91. The van der Waals surface area contributed by atoms with Crippen molar-refractivity contribution in [1.82, 2.24) is 25.2 Å². The van der Waals surface area contributed by atoms with Crippen molar-refractivity contribution < 1.29 is 19.5 Å². The molecule has 108 valence electrons. The molecule has 2 N–H and O–H groups in total. The molecule has 1 aliphatic heterocycles. The number of aliphatic carboxylic acids is 1. The Bertz CT molecular complexity index is 565. The van der Waals surface area contributed by atoms with Gasteiger partial charge in [-0.3, -0.25) is 19.2 Å². The summed E-state index contributed by atoms with van der Waals surface area (Å²) in [6.07, 6.45) is 1.27. The van der Waals surface area contributed by atoms with Crippen molar-refractivity contribution in [3.63, 3.8) is 0 Å². The largest absolute Gasteiger partial charge is 0.481 e. The number of hydrogen-bond acceptors (Lipinski definition) is 5. The average molecular weight is 281 g/mol. The van der Waals surface area contributed by atoms with Gasteiger partial charge in [0.25, 0.3) is 5.91 Å². The molecule has 0 saturated carbocycles. The summed E-state index contributed by atoms with van der Waals surface area (Å²) >= 11 is 0. The molecule has 20 heavy (non-hydrogen) atoms. The number of amides is 3. The number of carboxylic acids is 1. The first-order valence-electron chi connectivity index (χ1n) is 6.04. The van der Waals surface area contributed by atoms with Crippen molar-refractivity contribution in [1.29, 1.82) is 0 Å². The smallest absolute Gasteiger partial charge is 0.325 e. The highest BCUT2D eigenvalue weighted by molar-refractivity contribution is 6.06. The zero-order valence-corrected chi connectivity index (χ0v) is 11.2. The SMILES string of the molecule is CC1(C)NC(=O)N(CCn2cc(CC(=O)O)nn2)C1=O. The van der Waals surface area contributed by atoms with Crippen molar-refractivity contribution in [3.8, 4) is 0 Å². The van der Waals surface area contributed by atoms with Crippen molar-refractivity contribution in [2.24, 2.45) is 0 Å². The maximum Gasteiger partial charge on any atom is 0.325 e. The quantitative estimate of drug-likeness (QED) is 0.685. The monoisotopic (exact) mass is 281 g/mol. The van der Waals surface area contributed by atoms with Gasteiger partial charge in [-0.15, -0.1) is 5.10 Å². The van der Waals surface area contributed by atoms with E-state index >= 15 is 0 Å². The van der Waals surface area contributed by atoms with E-state index in [-0.39, 0.29) is 25.4 Å². The van der Waals surface area contributed by atoms with Crippen molar-refractivity contribution in [3.05, 3.63) is 11.9 Å². The van der Waals surface area contributed by atoms with Gasteiger partial charge in [-0.05, 0) is 13.8 Å². The Hall–Kier alpha value is -2.45. The number of aromatic nitrogens is 3. The van der Waals surface area contributed by atoms with Gasteiger partial charge in [0.05, 0.1) is 25.2 Å². The van der Waals surface area contributed by atoms with Gasteiger partial charge in [0.1, 0.15) is 5.54 Å². The van der Waals surface area contributed by atoms with Gasteiger partial charge in [-0.1, -0.05) is 5.21 Å². The van der Waals surface area contributed by atoms with Crippen LogP contribution in [0.2, 0.25) is 0 Å². The molecular formula is C11H15N5O4. The van der Waals surface area contributed by atoms with Gasteiger partial charge in [-0.25, -0.2) is 4.79 Å². The summed E-state index contributed by atoms with van der Waals surface area (Å²) in [5, 5.41) is 18.6. The molecule has 1 saturated heterocycles. The first-order valence-corrected chi connectivity index (χ1v) is 6.04. The summed E-state index contributed by atoms with van der Waals surface area (Å²) in [6, 6.07) is -0.439. The lowest BCUT2D eigenvalue weighted by atomic mass is 10.1. The molecule has 1 aromatic heterocycles. The molecular weight excluding hydrogens is 266 g/mol. The zero-order chi connectivity index (χ0) is 14.9. The normalized spacial score (nSPS) is 17.4. The van der Waals surface area contributed by atoms with Crippen molar-refractivity contribution >= 4 is 17.9 Å². The molecule has 0 radical (unpaired) electrons. The number of nitrogens with one attached hydrogen (secondary N) is 1. The maximum atomic E-state index is 11.9. The van der Waals surface area contributed by atoms with E-state index in [0.29, 0.717) is 5.69 Å². The second kappa shape index (κ2) is 4.91. The Balaban J connectivity index is 1.96. The topological polar surface area (TPSA) is 117 Å². The molecule has 1 aliphatic rings. The van der Waals surface area contributed by atoms with E-state index in [1.54, 1.807) is 13.8 Å². The van der Waals surface area contributed by atoms with Gasteiger partial charge < -0.3 is 10.4 Å². The molecule has 0 aromatic carbocycles. The summed E-state index contributed by atoms with van der Waals surface area (Å²) in [7, 11) is 0. The van der Waals surface area contributed by atoms with E-state index in [9.17, 15) is 14.4 Å².